The van der Waals surface area contributed by atoms with Gasteiger partial charge in [0.1, 0.15) is 12.7 Å². The number of para-hydroxylation sites is 2. The summed E-state index contributed by atoms with van der Waals surface area (Å²) in [4.78, 5) is 12.1. The van der Waals surface area contributed by atoms with Crippen LogP contribution in [0.4, 0.5) is 0 Å². The Balaban J connectivity index is 1.47. The van der Waals surface area contributed by atoms with Gasteiger partial charge in [0, 0.05) is 6.42 Å². The maximum absolute atomic E-state index is 12.1. The smallest absolute Gasteiger partial charge is 0.220 e. The molecule has 0 aliphatic carbocycles. The molecule has 3 rings (SSSR count). The molecule has 2 atom stereocenters. The van der Waals surface area contributed by atoms with Gasteiger partial charge in [0.05, 0.1) is 6.54 Å². The summed E-state index contributed by atoms with van der Waals surface area (Å²) in [5.41, 5.74) is 1.17. The maximum Gasteiger partial charge on any atom is 0.220 e. The second-order valence-corrected chi connectivity index (χ2v) is 5.82. The molecule has 0 saturated heterocycles. The van der Waals surface area contributed by atoms with E-state index in [1.165, 1.54) is 5.56 Å². The maximum atomic E-state index is 12.1. The highest BCUT2D eigenvalue weighted by atomic mass is 16.6. The second kappa shape index (κ2) is 7.18. The van der Waals surface area contributed by atoms with Gasteiger partial charge in [0.2, 0.25) is 5.91 Å². The molecule has 1 heterocycles. The van der Waals surface area contributed by atoms with Crippen molar-refractivity contribution in [1.29, 1.82) is 0 Å². The number of benzene rings is 2. The molecule has 1 aliphatic rings. The lowest BCUT2D eigenvalue weighted by molar-refractivity contribution is -0.121. The molecule has 2 aromatic carbocycles. The number of fused-ring (bicyclic) bond motifs is 1. The van der Waals surface area contributed by atoms with Crippen molar-refractivity contribution in [3.8, 4) is 11.5 Å². The summed E-state index contributed by atoms with van der Waals surface area (Å²) >= 11 is 0. The lowest BCUT2D eigenvalue weighted by atomic mass is 9.97. The van der Waals surface area contributed by atoms with Gasteiger partial charge in [-0.2, -0.15) is 0 Å². The molecule has 0 aromatic heterocycles. The fourth-order valence-electron chi connectivity index (χ4n) is 2.64. The highest BCUT2D eigenvalue weighted by Gasteiger charge is 2.21. The van der Waals surface area contributed by atoms with E-state index in [0.717, 1.165) is 11.5 Å². The Morgan fingerprint density at radius 1 is 1.13 bits per heavy atom. The zero-order chi connectivity index (χ0) is 16.1. The monoisotopic (exact) mass is 311 g/mol. The predicted molar refractivity (Wildman–Crippen MR) is 88.8 cm³/mol. The average molecular weight is 311 g/mol. The van der Waals surface area contributed by atoms with Crippen molar-refractivity contribution in [2.45, 2.75) is 25.4 Å². The molecule has 0 unspecified atom stereocenters. The molecule has 4 heteroatoms. The van der Waals surface area contributed by atoms with Gasteiger partial charge in [-0.25, -0.2) is 0 Å². The summed E-state index contributed by atoms with van der Waals surface area (Å²) in [6, 6.07) is 17.6. The average Bonchev–Trinajstić information content (AvgIpc) is 2.60. The van der Waals surface area contributed by atoms with Crippen LogP contribution in [-0.2, 0) is 4.79 Å². The Morgan fingerprint density at radius 3 is 2.61 bits per heavy atom. The van der Waals surface area contributed by atoms with Crippen LogP contribution in [0, 0.1) is 0 Å². The normalized spacial score (nSPS) is 17.3. The van der Waals surface area contributed by atoms with Crippen LogP contribution in [0.25, 0.3) is 0 Å². The second-order valence-electron chi connectivity index (χ2n) is 5.82. The molecule has 120 valence electrons. The van der Waals surface area contributed by atoms with Gasteiger partial charge in [-0.3, -0.25) is 4.79 Å². The van der Waals surface area contributed by atoms with Crippen molar-refractivity contribution >= 4 is 5.91 Å². The molecule has 0 saturated carbocycles. The molecule has 1 N–H and O–H groups in total. The summed E-state index contributed by atoms with van der Waals surface area (Å²) in [5.74, 6) is 1.72. The Morgan fingerprint density at radius 2 is 1.83 bits per heavy atom. The molecule has 4 nitrogen and oxygen atoms in total. The Hall–Kier alpha value is -2.49. The van der Waals surface area contributed by atoms with Crippen LogP contribution in [0.5, 0.6) is 11.5 Å². The number of carbonyl (C=O) groups excluding carboxylic acids is 1. The molecule has 2 aromatic rings. The Bertz CT molecular complexity index is 657. The van der Waals surface area contributed by atoms with Crippen LogP contribution < -0.4 is 14.8 Å². The first-order valence-corrected chi connectivity index (χ1v) is 7.92. The SMILES string of the molecule is C[C@H](CC(=O)NC[C@H]1COc2ccccc2O1)c1ccccc1. The van der Waals surface area contributed by atoms with Crippen LogP contribution >= 0.6 is 0 Å². The topological polar surface area (TPSA) is 47.6 Å². The van der Waals surface area contributed by atoms with Crippen molar-refractivity contribution in [3.63, 3.8) is 0 Å². The molecule has 1 aliphatic heterocycles. The van der Waals surface area contributed by atoms with Crippen molar-refractivity contribution < 1.29 is 14.3 Å². The van der Waals surface area contributed by atoms with E-state index in [4.69, 9.17) is 9.47 Å². The number of amides is 1. The van der Waals surface area contributed by atoms with Gasteiger partial charge in [0.25, 0.3) is 0 Å². The molecule has 23 heavy (non-hydrogen) atoms. The van der Waals surface area contributed by atoms with E-state index in [0.29, 0.717) is 19.6 Å². The first-order valence-electron chi connectivity index (χ1n) is 7.92. The van der Waals surface area contributed by atoms with E-state index >= 15 is 0 Å². The van der Waals surface area contributed by atoms with Gasteiger partial charge in [-0.05, 0) is 23.6 Å². The summed E-state index contributed by atoms with van der Waals surface area (Å²) in [7, 11) is 0. The minimum atomic E-state index is -0.152. The van der Waals surface area contributed by atoms with Gasteiger partial charge < -0.3 is 14.8 Å². The zero-order valence-electron chi connectivity index (χ0n) is 13.2. The van der Waals surface area contributed by atoms with E-state index in [2.05, 4.69) is 12.2 Å². The molecule has 0 radical (unpaired) electrons. The highest BCUT2D eigenvalue weighted by Crippen LogP contribution is 2.30. The number of hydrogen-bond acceptors (Lipinski definition) is 3. The fourth-order valence-corrected chi connectivity index (χ4v) is 2.64. The highest BCUT2D eigenvalue weighted by molar-refractivity contribution is 5.76. The standard InChI is InChI=1S/C19H21NO3/c1-14(15-7-3-2-4-8-15)11-19(21)20-12-16-13-22-17-9-5-6-10-18(17)23-16/h2-10,14,16H,11-13H2,1H3,(H,20,21)/t14-,16+/m1/s1. The lowest BCUT2D eigenvalue weighted by Gasteiger charge is -2.26. The van der Waals surface area contributed by atoms with E-state index in [9.17, 15) is 4.79 Å². The number of rotatable bonds is 5. The van der Waals surface area contributed by atoms with E-state index in [1.807, 2.05) is 54.6 Å². The minimum Gasteiger partial charge on any atom is -0.486 e. The van der Waals surface area contributed by atoms with Crippen LogP contribution in [-0.4, -0.2) is 25.2 Å². The van der Waals surface area contributed by atoms with Crippen molar-refractivity contribution in [2.75, 3.05) is 13.2 Å². The van der Waals surface area contributed by atoms with Crippen LogP contribution in [0.15, 0.2) is 54.6 Å². The molecule has 0 fully saturated rings. The van der Waals surface area contributed by atoms with E-state index in [-0.39, 0.29) is 17.9 Å². The van der Waals surface area contributed by atoms with Gasteiger partial charge in [-0.1, -0.05) is 49.4 Å². The molecular formula is C19H21NO3. The number of hydrogen-bond donors (Lipinski definition) is 1. The quantitative estimate of drug-likeness (QED) is 0.923. The van der Waals surface area contributed by atoms with Crippen LogP contribution in [0.1, 0.15) is 24.8 Å². The predicted octanol–water partition coefficient (Wildman–Crippen LogP) is 3.14. The lowest BCUT2D eigenvalue weighted by Crippen LogP contribution is -2.40. The zero-order valence-corrected chi connectivity index (χ0v) is 13.2. The summed E-state index contributed by atoms with van der Waals surface area (Å²) < 4.78 is 11.5. The summed E-state index contributed by atoms with van der Waals surface area (Å²) in [6.07, 6.45) is 0.314. The summed E-state index contributed by atoms with van der Waals surface area (Å²) in [5, 5.41) is 2.94. The van der Waals surface area contributed by atoms with Crippen molar-refractivity contribution in [1.82, 2.24) is 5.32 Å². The largest absolute Gasteiger partial charge is 0.486 e. The first-order chi connectivity index (χ1) is 11.2. The number of ether oxygens (including phenoxy) is 2. The van der Waals surface area contributed by atoms with E-state index < -0.39 is 0 Å². The number of carbonyl (C=O) groups is 1. The van der Waals surface area contributed by atoms with Gasteiger partial charge in [-0.15, -0.1) is 0 Å². The number of nitrogens with one attached hydrogen (secondary N) is 1. The summed E-state index contributed by atoms with van der Waals surface area (Å²) in [6.45, 7) is 2.96. The van der Waals surface area contributed by atoms with Gasteiger partial charge >= 0.3 is 0 Å². The third kappa shape index (κ3) is 4.03. The fraction of sp³-hybridized carbons (Fsp3) is 0.316. The van der Waals surface area contributed by atoms with Crippen LogP contribution in [0.3, 0.4) is 0 Å². The molecule has 0 bridgehead atoms. The first kappa shape index (κ1) is 15.4. The van der Waals surface area contributed by atoms with Crippen molar-refractivity contribution in [2.24, 2.45) is 0 Å². The minimum absolute atomic E-state index is 0.0313. The van der Waals surface area contributed by atoms with Crippen LogP contribution in [0.2, 0.25) is 0 Å². The third-order valence-electron chi connectivity index (χ3n) is 3.95. The molecular weight excluding hydrogens is 290 g/mol. The van der Waals surface area contributed by atoms with Gasteiger partial charge in [0.15, 0.2) is 11.5 Å². The Kier molecular flexibility index (Phi) is 4.81. The molecule has 1 amide bonds. The third-order valence-corrected chi connectivity index (χ3v) is 3.95. The van der Waals surface area contributed by atoms with Crippen molar-refractivity contribution in [3.05, 3.63) is 60.2 Å². The Labute approximate surface area is 136 Å². The van der Waals surface area contributed by atoms with E-state index in [1.54, 1.807) is 0 Å². The molecule has 0 spiro atoms.